The highest BCUT2D eigenvalue weighted by Gasteiger charge is 2.24. The quantitative estimate of drug-likeness (QED) is 0.790. The Hall–Kier alpha value is -0.340. The molecule has 2 aliphatic carbocycles. The Morgan fingerprint density at radius 3 is 2.78 bits per heavy atom. The van der Waals surface area contributed by atoms with Crippen molar-refractivity contribution >= 4 is 11.3 Å². The third-order valence-electron chi connectivity index (χ3n) is 4.75. The van der Waals surface area contributed by atoms with Gasteiger partial charge in [-0.3, -0.25) is 0 Å². The molecular formula is C16H25NS. The lowest BCUT2D eigenvalue weighted by molar-refractivity contribution is 0.267. The van der Waals surface area contributed by atoms with Crippen molar-refractivity contribution in [2.75, 3.05) is 7.05 Å². The molecule has 1 unspecified atom stereocenters. The van der Waals surface area contributed by atoms with Crippen LogP contribution in [-0.2, 0) is 12.8 Å². The summed E-state index contributed by atoms with van der Waals surface area (Å²) in [7, 11) is 2.13. The molecule has 3 rings (SSSR count). The first-order valence-corrected chi connectivity index (χ1v) is 8.47. The molecule has 1 fully saturated rings. The third kappa shape index (κ3) is 2.65. The molecule has 0 amide bonds. The zero-order valence-electron chi connectivity index (χ0n) is 11.5. The second kappa shape index (κ2) is 5.75. The van der Waals surface area contributed by atoms with Crippen molar-refractivity contribution in [3.05, 3.63) is 21.4 Å². The van der Waals surface area contributed by atoms with Crippen LogP contribution >= 0.6 is 11.3 Å². The molecule has 0 spiro atoms. The minimum Gasteiger partial charge on any atom is -0.312 e. The van der Waals surface area contributed by atoms with Crippen molar-refractivity contribution in [3.8, 4) is 0 Å². The fourth-order valence-electron chi connectivity index (χ4n) is 3.30. The van der Waals surface area contributed by atoms with Crippen molar-refractivity contribution in [1.29, 1.82) is 0 Å². The molecule has 1 N–H and O–H groups in total. The highest BCUT2D eigenvalue weighted by Crippen LogP contribution is 2.38. The van der Waals surface area contributed by atoms with E-state index in [1.54, 1.807) is 15.3 Å². The van der Waals surface area contributed by atoms with Crippen LogP contribution in [0.25, 0.3) is 0 Å². The lowest BCUT2D eigenvalue weighted by Crippen LogP contribution is -2.22. The Balaban J connectivity index is 1.73. The summed E-state index contributed by atoms with van der Waals surface area (Å²) >= 11 is 2.10. The molecule has 2 heteroatoms. The zero-order valence-corrected chi connectivity index (χ0v) is 12.3. The predicted molar refractivity (Wildman–Crippen MR) is 79.3 cm³/mol. The molecule has 1 heterocycles. The van der Waals surface area contributed by atoms with Crippen LogP contribution in [0.5, 0.6) is 0 Å². The first kappa shape index (κ1) is 12.7. The van der Waals surface area contributed by atoms with Gasteiger partial charge in [-0.25, -0.2) is 0 Å². The highest BCUT2D eigenvalue weighted by molar-refractivity contribution is 7.12. The van der Waals surface area contributed by atoms with Gasteiger partial charge in [0.1, 0.15) is 0 Å². The average Bonchev–Trinajstić information content (AvgIpc) is 2.59. The molecule has 1 aromatic rings. The second-order valence-electron chi connectivity index (χ2n) is 6.03. The van der Waals surface area contributed by atoms with E-state index in [-0.39, 0.29) is 0 Å². The fourth-order valence-corrected chi connectivity index (χ4v) is 4.68. The largest absolute Gasteiger partial charge is 0.312 e. The van der Waals surface area contributed by atoms with Crippen LogP contribution in [-0.4, -0.2) is 7.05 Å². The van der Waals surface area contributed by atoms with Gasteiger partial charge in [0.25, 0.3) is 0 Å². The summed E-state index contributed by atoms with van der Waals surface area (Å²) in [5.41, 5.74) is 1.67. The van der Waals surface area contributed by atoms with E-state index < -0.39 is 0 Å². The molecule has 1 aromatic heterocycles. The molecule has 2 aliphatic rings. The van der Waals surface area contributed by atoms with Crippen LogP contribution in [0.3, 0.4) is 0 Å². The number of thiophene rings is 1. The number of hydrogen-bond donors (Lipinski definition) is 1. The van der Waals surface area contributed by atoms with E-state index in [4.69, 9.17) is 0 Å². The van der Waals surface area contributed by atoms with Crippen molar-refractivity contribution < 1.29 is 0 Å². The SMILES string of the molecule is CNC(CC1CCC1)c1cc2c(s1)CCCCC2. The average molecular weight is 263 g/mol. The van der Waals surface area contributed by atoms with Gasteiger partial charge in [0.2, 0.25) is 0 Å². The Kier molecular flexibility index (Phi) is 4.05. The Morgan fingerprint density at radius 1 is 1.22 bits per heavy atom. The van der Waals surface area contributed by atoms with Gasteiger partial charge in [0.05, 0.1) is 0 Å². The topological polar surface area (TPSA) is 12.0 Å². The normalized spacial score (nSPS) is 22.1. The maximum Gasteiger partial charge on any atom is 0.0415 e. The van der Waals surface area contributed by atoms with E-state index in [0.29, 0.717) is 6.04 Å². The maximum absolute atomic E-state index is 3.55. The van der Waals surface area contributed by atoms with Gasteiger partial charge in [0, 0.05) is 15.8 Å². The molecule has 0 bridgehead atoms. The number of nitrogens with one attached hydrogen (secondary N) is 1. The summed E-state index contributed by atoms with van der Waals surface area (Å²) in [6.07, 6.45) is 12.6. The first-order chi connectivity index (χ1) is 8.86. The summed E-state index contributed by atoms with van der Waals surface area (Å²) < 4.78 is 0. The van der Waals surface area contributed by atoms with Crippen molar-refractivity contribution in [2.45, 2.75) is 63.8 Å². The smallest absolute Gasteiger partial charge is 0.0415 e. The van der Waals surface area contributed by atoms with Crippen LogP contribution in [0.2, 0.25) is 0 Å². The van der Waals surface area contributed by atoms with Crippen molar-refractivity contribution in [1.82, 2.24) is 5.32 Å². The third-order valence-corrected chi connectivity index (χ3v) is 6.10. The fraction of sp³-hybridized carbons (Fsp3) is 0.750. The molecule has 100 valence electrons. The number of fused-ring (bicyclic) bond motifs is 1. The van der Waals surface area contributed by atoms with Gasteiger partial charge in [0.15, 0.2) is 0 Å². The van der Waals surface area contributed by atoms with Gasteiger partial charge in [-0.2, -0.15) is 0 Å². The molecule has 0 aliphatic heterocycles. The lowest BCUT2D eigenvalue weighted by atomic mass is 9.80. The molecule has 0 radical (unpaired) electrons. The molecule has 0 saturated heterocycles. The van der Waals surface area contributed by atoms with Gasteiger partial charge >= 0.3 is 0 Å². The van der Waals surface area contributed by atoms with Crippen LogP contribution < -0.4 is 5.32 Å². The summed E-state index contributed by atoms with van der Waals surface area (Å²) in [5.74, 6) is 0.990. The summed E-state index contributed by atoms with van der Waals surface area (Å²) in [5, 5.41) is 3.55. The minimum atomic E-state index is 0.618. The molecule has 0 aromatic carbocycles. The van der Waals surface area contributed by atoms with Gasteiger partial charge in [-0.15, -0.1) is 11.3 Å². The summed E-state index contributed by atoms with van der Waals surface area (Å²) in [4.78, 5) is 3.30. The van der Waals surface area contributed by atoms with E-state index in [1.165, 1.54) is 57.8 Å². The minimum absolute atomic E-state index is 0.618. The molecule has 1 saturated carbocycles. The maximum atomic E-state index is 3.55. The Morgan fingerprint density at radius 2 is 2.06 bits per heavy atom. The van der Waals surface area contributed by atoms with Crippen molar-refractivity contribution in [2.24, 2.45) is 5.92 Å². The van der Waals surface area contributed by atoms with E-state index in [1.807, 2.05) is 0 Å². The predicted octanol–water partition coefficient (Wildman–Crippen LogP) is 4.47. The highest BCUT2D eigenvalue weighted by atomic mass is 32.1. The standard InChI is InChI=1S/C16H25NS/c1-17-14(10-12-6-5-7-12)16-11-13-8-3-2-4-9-15(13)18-16/h11-12,14,17H,2-10H2,1H3. The van der Waals surface area contributed by atoms with Crippen LogP contribution in [0, 0.1) is 5.92 Å². The number of aryl methyl sites for hydroxylation is 2. The molecule has 1 atom stereocenters. The van der Waals surface area contributed by atoms with E-state index in [0.717, 1.165) is 5.92 Å². The van der Waals surface area contributed by atoms with Crippen LogP contribution in [0.1, 0.15) is 66.3 Å². The van der Waals surface area contributed by atoms with Crippen LogP contribution in [0.4, 0.5) is 0 Å². The van der Waals surface area contributed by atoms with E-state index in [9.17, 15) is 0 Å². The zero-order chi connectivity index (χ0) is 12.4. The summed E-state index contributed by atoms with van der Waals surface area (Å²) in [6, 6.07) is 3.14. The Bertz CT molecular complexity index is 368. The molecule has 18 heavy (non-hydrogen) atoms. The van der Waals surface area contributed by atoms with E-state index >= 15 is 0 Å². The van der Waals surface area contributed by atoms with Gasteiger partial charge in [-0.1, -0.05) is 25.7 Å². The van der Waals surface area contributed by atoms with Gasteiger partial charge in [-0.05, 0) is 56.7 Å². The first-order valence-electron chi connectivity index (χ1n) is 7.65. The molecular weight excluding hydrogens is 238 g/mol. The van der Waals surface area contributed by atoms with Crippen LogP contribution in [0.15, 0.2) is 6.07 Å². The monoisotopic (exact) mass is 263 g/mol. The van der Waals surface area contributed by atoms with E-state index in [2.05, 4.69) is 29.8 Å². The Labute approximate surface area is 115 Å². The molecule has 1 nitrogen and oxygen atoms in total. The second-order valence-corrected chi connectivity index (χ2v) is 7.20. The van der Waals surface area contributed by atoms with Gasteiger partial charge < -0.3 is 5.32 Å². The summed E-state index contributed by atoms with van der Waals surface area (Å²) in [6.45, 7) is 0. The lowest BCUT2D eigenvalue weighted by Gasteiger charge is -2.29. The van der Waals surface area contributed by atoms with Crippen molar-refractivity contribution in [3.63, 3.8) is 0 Å². The number of hydrogen-bond acceptors (Lipinski definition) is 2. The number of rotatable bonds is 4.